The van der Waals surface area contributed by atoms with Gasteiger partial charge in [-0.15, -0.1) is 4.36 Å². The van der Waals surface area contributed by atoms with Crippen molar-refractivity contribution in [2.75, 3.05) is 0 Å². The van der Waals surface area contributed by atoms with Crippen molar-refractivity contribution in [2.45, 2.75) is 32.9 Å². The second-order valence-electron chi connectivity index (χ2n) is 4.72. The second-order valence-corrected chi connectivity index (χ2v) is 5.34. The van der Waals surface area contributed by atoms with Crippen molar-refractivity contribution in [3.63, 3.8) is 0 Å². The Kier molecular flexibility index (Phi) is 4.60. The Balaban J connectivity index is 3.01. The maximum absolute atomic E-state index is 11.8. The summed E-state index contributed by atoms with van der Waals surface area (Å²) in [5.41, 5.74) is -1.57. The number of aromatic nitrogens is 1. The summed E-state index contributed by atoms with van der Waals surface area (Å²) in [6, 6.07) is 2.68. The van der Waals surface area contributed by atoms with E-state index in [1.165, 1.54) is 18.3 Å². The predicted molar refractivity (Wildman–Crippen MR) is 67.6 cm³/mol. The molecule has 0 radical (unpaired) electrons. The van der Waals surface area contributed by atoms with E-state index in [4.69, 9.17) is 4.74 Å². The van der Waals surface area contributed by atoms with E-state index in [-0.39, 0.29) is 12.2 Å². The summed E-state index contributed by atoms with van der Waals surface area (Å²) >= 11 is 0. The first-order chi connectivity index (χ1) is 8.69. The third-order valence-corrected chi connectivity index (χ3v) is 2.24. The second kappa shape index (κ2) is 5.79. The molecule has 0 aliphatic carbocycles. The first-order valence-electron chi connectivity index (χ1n) is 5.41. The topological polar surface area (TPSA) is 94.8 Å². The molecule has 0 saturated carbocycles. The van der Waals surface area contributed by atoms with E-state index >= 15 is 0 Å². The zero-order valence-electron chi connectivity index (χ0n) is 10.8. The van der Waals surface area contributed by atoms with Crippen LogP contribution in [0.5, 0.6) is 0 Å². The third kappa shape index (κ3) is 5.04. The minimum absolute atomic E-state index is 0.251. The maximum Gasteiger partial charge on any atom is 0.326 e. The van der Waals surface area contributed by atoms with Crippen LogP contribution in [0.2, 0.25) is 0 Å². The monoisotopic (exact) mass is 286 g/mol. The highest BCUT2D eigenvalue weighted by atomic mass is 32.2. The van der Waals surface area contributed by atoms with Crippen LogP contribution in [0.3, 0.4) is 0 Å². The molecule has 0 saturated heterocycles. The molecule has 0 bridgehead atoms. The van der Waals surface area contributed by atoms with Crippen LogP contribution in [-0.2, 0) is 26.6 Å². The Morgan fingerprint density at radius 3 is 2.58 bits per heavy atom. The lowest BCUT2D eigenvalue weighted by molar-refractivity contribution is -0.155. The molecule has 0 aliphatic rings. The lowest BCUT2D eigenvalue weighted by Crippen LogP contribution is -2.30. The fourth-order valence-electron chi connectivity index (χ4n) is 1.31. The number of ether oxygens (including phenoxy) is 1. The van der Waals surface area contributed by atoms with Crippen molar-refractivity contribution in [1.29, 1.82) is 0 Å². The van der Waals surface area contributed by atoms with Gasteiger partial charge in [0, 0.05) is 6.20 Å². The van der Waals surface area contributed by atoms with E-state index in [1.807, 2.05) is 0 Å². The van der Waals surface area contributed by atoms with Gasteiger partial charge in [0.25, 0.3) is 5.56 Å². The summed E-state index contributed by atoms with van der Waals surface area (Å²) in [4.78, 5) is 23.4. The molecule has 0 amide bonds. The van der Waals surface area contributed by atoms with Crippen LogP contribution < -0.4 is 5.56 Å². The van der Waals surface area contributed by atoms with Gasteiger partial charge in [-0.2, -0.15) is 8.42 Å². The molecular formula is C11H14N2O5S. The standard InChI is InChI=1S/C11H14N2O5S/c1-11(2,3)18-9(14)7-13-6-4-5-8(10(13)15)12-19(16)17/h4-6H,7H2,1-3H3. The Labute approximate surface area is 111 Å². The number of rotatable bonds is 3. The van der Waals surface area contributed by atoms with Gasteiger partial charge in [0.1, 0.15) is 17.8 Å². The highest BCUT2D eigenvalue weighted by molar-refractivity contribution is 7.61. The number of carbonyl (C=O) groups is 1. The molecule has 1 aromatic rings. The van der Waals surface area contributed by atoms with Crippen molar-refractivity contribution in [3.05, 3.63) is 28.7 Å². The fourth-order valence-corrected chi connectivity index (χ4v) is 1.61. The first kappa shape index (κ1) is 15.1. The molecule has 0 spiro atoms. The van der Waals surface area contributed by atoms with Crippen LogP contribution in [0, 0.1) is 0 Å². The molecular weight excluding hydrogens is 272 g/mol. The van der Waals surface area contributed by atoms with Gasteiger partial charge in [0.15, 0.2) is 0 Å². The molecule has 1 rings (SSSR count). The number of carbonyl (C=O) groups excluding carboxylic acids is 1. The van der Waals surface area contributed by atoms with Crippen molar-refractivity contribution >= 4 is 22.2 Å². The average molecular weight is 286 g/mol. The number of nitrogens with zero attached hydrogens (tertiary/aromatic N) is 2. The molecule has 1 aromatic heterocycles. The van der Waals surface area contributed by atoms with E-state index < -0.39 is 27.6 Å². The fraction of sp³-hybridized carbons (Fsp3) is 0.455. The Hall–Kier alpha value is -1.96. The number of hydrogen-bond acceptors (Lipinski definition) is 6. The highest BCUT2D eigenvalue weighted by Crippen LogP contribution is 2.08. The largest absolute Gasteiger partial charge is 0.459 e. The van der Waals surface area contributed by atoms with Crippen LogP contribution in [0.4, 0.5) is 5.69 Å². The van der Waals surface area contributed by atoms with Crippen LogP contribution in [0.25, 0.3) is 0 Å². The third-order valence-electron chi connectivity index (χ3n) is 1.89. The average Bonchev–Trinajstić information content (AvgIpc) is 2.20. The number of esters is 1. The van der Waals surface area contributed by atoms with Crippen molar-refractivity contribution in [2.24, 2.45) is 4.36 Å². The van der Waals surface area contributed by atoms with Crippen LogP contribution >= 0.6 is 0 Å². The zero-order valence-corrected chi connectivity index (χ0v) is 11.6. The van der Waals surface area contributed by atoms with Gasteiger partial charge < -0.3 is 9.30 Å². The molecule has 1 heterocycles. The summed E-state index contributed by atoms with van der Waals surface area (Å²) in [7, 11) is -2.72. The van der Waals surface area contributed by atoms with Crippen LogP contribution in [-0.4, -0.2) is 24.6 Å². The smallest absolute Gasteiger partial charge is 0.326 e. The summed E-state index contributed by atoms with van der Waals surface area (Å²) in [6.07, 6.45) is 1.36. The van der Waals surface area contributed by atoms with Gasteiger partial charge >= 0.3 is 16.5 Å². The molecule has 0 N–H and O–H groups in total. The maximum atomic E-state index is 11.8. The summed E-state index contributed by atoms with van der Waals surface area (Å²) in [6.45, 7) is 4.82. The molecule has 104 valence electrons. The van der Waals surface area contributed by atoms with Gasteiger partial charge in [0.05, 0.1) is 0 Å². The molecule has 19 heavy (non-hydrogen) atoms. The quantitative estimate of drug-likeness (QED) is 0.769. The first-order valence-corrected chi connectivity index (χ1v) is 6.44. The van der Waals surface area contributed by atoms with Gasteiger partial charge in [-0.3, -0.25) is 9.59 Å². The minimum Gasteiger partial charge on any atom is -0.459 e. The van der Waals surface area contributed by atoms with E-state index in [0.29, 0.717) is 0 Å². The van der Waals surface area contributed by atoms with E-state index in [2.05, 4.69) is 4.36 Å². The Bertz CT molecular complexity index is 659. The van der Waals surface area contributed by atoms with E-state index in [0.717, 1.165) is 4.57 Å². The highest BCUT2D eigenvalue weighted by Gasteiger charge is 2.17. The molecule has 0 aromatic carbocycles. The summed E-state index contributed by atoms with van der Waals surface area (Å²) in [5.74, 6) is -0.588. The van der Waals surface area contributed by atoms with E-state index in [9.17, 15) is 18.0 Å². The van der Waals surface area contributed by atoms with Gasteiger partial charge in [-0.1, -0.05) is 0 Å². The molecule has 0 unspecified atom stereocenters. The molecule has 0 aliphatic heterocycles. The lowest BCUT2D eigenvalue weighted by atomic mass is 10.2. The lowest BCUT2D eigenvalue weighted by Gasteiger charge is -2.19. The summed E-state index contributed by atoms with van der Waals surface area (Å²) in [5, 5.41) is 0. The van der Waals surface area contributed by atoms with Crippen molar-refractivity contribution in [3.8, 4) is 0 Å². The summed E-state index contributed by atoms with van der Waals surface area (Å²) < 4.78 is 30.1. The van der Waals surface area contributed by atoms with Crippen molar-refractivity contribution < 1.29 is 17.9 Å². The normalized spacial score (nSPS) is 10.9. The molecule has 8 heteroatoms. The van der Waals surface area contributed by atoms with E-state index in [1.54, 1.807) is 20.8 Å². The number of pyridine rings is 1. The molecule has 7 nitrogen and oxygen atoms in total. The van der Waals surface area contributed by atoms with Crippen LogP contribution in [0.1, 0.15) is 20.8 Å². The Morgan fingerprint density at radius 2 is 2.05 bits per heavy atom. The molecule has 0 fully saturated rings. The van der Waals surface area contributed by atoms with Crippen LogP contribution in [0.15, 0.2) is 27.5 Å². The Morgan fingerprint density at radius 1 is 1.42 bits per heavy atom. The van der Waals surface area contributed by atoms with Gasteiger partial charge in [-0.25, -0.2) is 0 Å². The van der Waals surface area contributed by atoms with Gasteiger partial charge in [0.2, 0.25) is 0 Å². The van der Waals surface area contributed by atoms with Crippen molar-refractivity contribution in [1.82, 2.24) is 4.57 Å². The SMILES string of the molecule is CC(C)(C)OC(=O)Cn1cccc(N=S(=O)=O)c1=O. The molecule has 0 atom stereocenters. The number of hydrogen-bond donors (Lipinski definition) is 0. The minimum atomic E-state index is -2.72. The predicted octanol–water partition coefficient (Wildman–Crippen LogP) is 0.884. The van der Waals surface area contributed by atoms with Gasteiger partial charge in [-0.05, 0) is 32.9 Å². The zero-order chi connectivity index (χ0) is 14.6.